The van der Waals surface area contributed by atoms with Gasteiger partial charge in [0, 0.05) is 10.6 Å². The van der Waals surface area contributed by atoms with E-state index in [-0.39, 0.29) is 5.91 Å². The summed E-state index contributed by atoms with van der Waals surface area (Å²) in [7, 11) is 1.73. The number of rotatable bonds is 2. The number of hydrogen-bond donors (Lipinski definition) is 1. The van der Waals surface area contributed by atoms with Crippen molar-refractivity contribution in [3.8, 4) is 0 Å². The van der Waals surface area contributed by atoms with Crippen molar-refractivity contribution >= 4 is 39.9 Å². The Kier molecular flexibility index (Phi) is 3.86. The van der Waals surface area contributed by atoms with Crippen molar-refractivity contribution in [3.63, 3.8) is 0 Å². The molecule has 0 atom stereocenters. The first-order valence-electron chi connectivity index (χ1n) is 5.48. The summed E-state index contributed by atoms with van der Waals surface area (Å²) in [6.07, 6.45) is 0. The molecule has 0 saturated heterocycles. The van der Waals surface area contributed by atoms with Crippen molar-refractivity contribution in [1.29, 1.82) is 0 Å². The first kappa shape index (κ1) is 12.9. The number of benzene rings is 2. The second-order valence-corrected chi connectivity index (χ2v) is 5.07. The minimum atomic E-state index is -0.0575. The minimum absolute atomic E-state index is 0.0575. The van der Waals surface area contributed by atoms with Crippen molar-refractivity contribution in [3.05, 3.63) is 57.7 Å². The Morgan fingerprint density at radius 1 is 1.11 bits per heavy atom. The van der Waals surface area contributed by atoms with E-state index in [1.165, 1.54) is 0 Å². The van der Waals surface area contributed by atoms with Crippen molar-refractivity contribution in [1.82, 2.24) is 0 Å². The monoisotopic (exact) mass is 352 g/mol. The van der Waals surface area contributed by atoms with Crippen LogP contribution in [-0.2, 0) is 0 Å². The maximum absolute atomic E-state index is 12.4. The molecule has 2 N–H and O–H groups in total. The fraction of sp³-hybridized carbons (Fsp3) is 0.0714. The van der Waals surface area contributed by atoms with Crippen molar-refractivity contribution in [2.45, 2.75) is 0 Å². The van der Waals surface area contributed by atoms with Gasteiger partial charge in [0.25, 0.3) is 5.91 Å². The summed E-state index contributed by atoms with van der Waals surface area (Å²) in [5.74, 6) is -0.0575. The van der Waals surface area contributed by atoms with E-state index < -0.39 is 0 Å². The average molecular weight is 352 g/mol. The van der Waals surface area contributed by atoms with Crippen molar-refractivity contribution in [2.24, 2.45) is 0 Å². The summed E-state index contributed by atoms with van der Waals surface area (Å²) in [4.78, 5) is 14.0. The van der Waals surface area contributed by atoms with Gasteiger partial charge in [-0.2, -0.15) is 0 Å². The first-order valence-corrected chi connectivity index (χ1v) is 6.56. The highest BCUT2D eigenvalue weighted by Gasteiger charge is 2.17. The molecule has 2 aromatic rings. The third kappa shape index (κ3) is 2.48. The highest BCUT2D eigenvalue weighted by Crippen LogP contribution is 2.24. The van der Waals surface area contributed by atoms with Gasteiger partial charge < -0.3 is 10.6 Å². The number of anilines is 2. The third-order valence-electron chi connectivity index (χ3n) is 2.71. The van der Waals surface area contributed by atoms with Gasteiger partial charge in [-0.15, -0.1) is 0 Å². The zero-order valence-corrected chi connectivity index (χ0v) is 12.1. The van der Waals surface area contributed by atoms with E-state index in [1.807, 2.05) is 42.5 Å². The van der Waals surface area contributed by atoms with Crippen LogP contribution in [0.2, 0.25) is 0 Å². The molecule has 0 aliphatic heterocycles. The molecular formula is C14H13IN2O. The number of amides is 1. The lowest BCUT2D eigenvalue weighted by Crippen LogP contribution is -2.27. The molecule has 0 unspecified atom stereocenters. The maximum Gasteiger partial charge on any atom is 0.259 e. The lowest BCUT2D eigenvalue weighted by molar-refractivity contribution is 0.0992. The Bertz CT molecular complexity index is 584. The van der Waals surface area contributed by atoms with Gasteiger partial charge in [-0.3, -0.25) is 4.79 Å². The maximum atomic E-state index is 12.4. The molecule has 0 aromatic heterocycles. The van der Waals surface area contributed by atoms with E-state index in [9.17, 15) is 4.79 Å². The van der Waals surface area contributed by atoms with E-state index in [2.05, 4.69) is 22.6 Å². The molecule has 18 heavy (non-hydrogen) atoms. The van der Waals surface area contributed by atoms with Crippen LogP contribution >= 0.6 is 22.6 Å². The number of nitrogens with zero attached hydrogens (tertiary/aromatic N) is 1. The summed E-state index contributed by atoms with van der Waals surface area (Å²) in [5.41, 5.74) is 7.88. The quantitative estimate of drug-likeness (QED) is 0.667. The molecule has 2 rings (SSSR count). The van der Waals surface area contributed by atoms with Gasteiger partial charge in [-0.25, -0.2) is 0 Å². The Hall–Kier alpha value is -1.56. The van der Waals surface area contributed by atoms with Crippen LogP contribution in [0.3, 0.4) is 0 Å². The Balaban J connectivity index is 2.36. The molecule has 1 amide bonds. The van der Waals surface area contributed by atoms with Crippen LogP contribution < -0.4 is 10.6 Å². The van der Waals surface area contributed by atoms with E-state index in [4.69, 9.17) is 5.73 Å². The summed E-state index contributed by atoms with van der Waals surface area (Å²) < 4.78 is 0.932. The number of carbonyl (C=O) groups is 1. The molecule has 0 aliphatic rings. The summed E-state index contributed by atoms with van der Waals surface area (Å²) in [6.45, 7) is 0. The van der Waals surface area contributed by atoms with Crippen molar-refractivity contribution < 1.29 is 4.79 Å². The number of halogens is 1. The van der Waals surface area contributed by atoms with Gasteiger partial charge in [0.05, 0.1) is 16.9 Å². The van der Waals surface area contributed by atoms with Gasteiger partial charge in [0.2, 0.25) is 0 Å². The number of hydrogen-bond acceptors (Lipinski definition) is 2. The van der Waals surface area contributed by atoms with Crippen LogP contribution in [0.15, 0.2) is 48.5 Å². The molecule has 0 radical (unpaired) electrons. The summed E-state index contributed by atoms with van der Waals surface area (Å²) in [5, 5.41) is 0. The number of carbonyl (C=O) groups excluding carboxylic acids is 1. The highest BCUT2D eigenvalue weighted by atomic mass is 127. The topological polar surface area (TPSA) is 46.3 Å². The van der Waals surface area contributed by atoms with Gasteiger partial charge >= 0.3 is 0 Å². The summed E-state index contributed by atoms with van der Waals surface area (Å²) in [6, 6.07) is 14.8. The fourth-order valence-electron chi connectivity index (χ4n) is 1.72. The van der Waals surface area contributed by atoms with E-state index in [1.54, 1.807) is 18.0 Å². The second-order valence-electron chi connectivity index (χ2n) is 3.90. The van der Waals surface area contributed by atoms with E-state index in [0.29, 0.717) is 11.3 Å². The largest absolute Gasteiger partial charge is 0.397 e. The smallest absolute Gasteiger partial charge is 0.259 e. The molecule has 92 valence electrons. The highest BCUT2D eigenvalue weighted by molar-refractivity contribution is 14.1. The predicted molar refractivity (Wildman–Crippen MR) is 82.7 cm³/mol. The van der Waals surface area contributed by atoms with Crippen LogP contribution in [0.25, 0.3) is 0 Å². The number of para-hydroxylation sites is 2. The molecule has 3 nitrogen and oxygen atoms in total. The fourth-order valence-corrected chi connectivity index (χ4v) is 2.34. The van der Waals surface area contributed by atoms with Crippen LogP contribution in [0, 0.1) is 3.57 Å². The predicted octanol–water partition coefficient (Wildman–Crippen LogP) is 3.15. The van der Waals surface area contributed by atoms with Gasteiger partial charge in [-0.05, 0) is 46.9 Å². The normalized spacial score (nSPS) is 10.1. The standard InChI is InChI=1S/C14H13IN2O/c1-17(13-9-5-4-8-12(13)16)14(18)10-6-2-3-7-11(10)15/h2-9H,16H2,1H3. The molecule has 0 saturated carbocycles. The third-order valence-corrected chi connectivity index (χ3v) is 3.65. The Labute approximate surface area is 120 Å². The van der Waals surface area contributed by atoms with Crippen LogP contribution in [-0.4, -0.2) is 13.0 Å². The van der Waals surface area contributed by atoms with Gasteiger partial charge in [-0.1, -0.05) is 24.3 Å². The zero-order valence-electron chi connectivity index (χ0n) is 9.93. The average Bonchev–Trinajstić information content (AvgIpc) is 2.38. The van der Waals surface area contributed by atoms with Crippen LogP contribution in [0.5, 0.6) is 0 Å². The second kappa shape index (κ2) is 5.39. The lowest BCUT2D eigenvalue weighted by atomic mass is 10.2. The SMILES string of the molecule is CN(C(=O)c1ccccc1I)c1ccccc1N. The Morgan fingerprint density at radius 3 is 2.39 bits per heavy atom. The zero-order chi connectivity index (χ0) is 13.1. The first-order chi connectivity index (χ1) is 8.61. The van der Waals surface area contributed by atoms with Gasteiger partial charge in [0.15, 0.2) is 0 Å². The molecule has 0 heterocycles. The van der Waals surface area contributed by atoms with E-state index in [0.717, 1.165) is 9.26 Å². The summed E-state index contributed by atoms with van der Waals surface area (Å²) >= 11 is 2.16. The minimum Gasteiger partial charge on any atom is -0.397 e. The van der Waals surface area contributed by atoms with Crippen molar-refractivity contribution in [2.75, 3.05) is 17.7 Å². The molecule has 0 aliphatic carbocycles. The molecular weight excluding hydrogens is 339 g/mol. The molecule has 0 bridgehead atoms. The Morgan fingerprint density at radius 2 is 1.72 bits per heavy atom. The molecule has 0 fully saturated rings. The van der Waals surface area contributed by atoms with Crippen LogP contribution in [0.4, 0.5) is 11.4 Å². The molecule has 2 aromatic carbocycles. The van der Waals surface area contributed by atoms with E-state index >= 15 is 0 Å². The number of nitrogen functional groups attached to an aromatic ring is 1. The van der Waals surface area contributed by atoms with Crippen LogP contribution in [0.1, 0.15) is 10.4 Å². The van der Waals surface area contributed by atoms with Gasteiger partial charge in [0.1, 0.15) is 0 Å². The molecule has 4 heteroatoms. The lowest BCUT2D eigenvalue weighted by Gasteiger charge is -2.19. The number of nitrogens with two attached hydrogens (primary N) is 1. The molecule has 0 spiro atoms.